The molecule has 3 N–H and O–H groups in total. The summed E-state index contributed by atoms with van der Waals surface area (Å²) in [7, 11) is 1.67. The topological polar surface area (TPSA) is 64.4 Å². The number of hydrogen-bond donors (Lipinski definition) is 2. The van der Waals surface area contributed by atoms with Crippen LogP contribution < -0.4 is 11.1 Å². The predicted molar refractivity (Wildman–Crippen MR) is 76.5 cm³/mol. The number of carbonyl (C=O) groups excluding carboxylic acids is 1. The van der Waals surface area contributed by atoms with E-state index in [0.717, 1.165) is 24.0 Å². The molecule has 0 aliphatic rings. The van der Waals surface area contributed by atoms with Crippen LogP contribution in [-0.4, -0.2) is 19.1 Å². The van der Waals surface area contributed by atoms with Crippen molar-refractivity contribution >= 4 is 5.91 Å². The number of methoxy groups -OCH3 is 1. The maximum Gasteiger partial charge on any atom is 0.221 e. The van der Waals surface area contributed by atoms with Crippen molar-refractivity contribution in [3.63, 3.8) is 0 Å². The maximum atomic E-state index is 11.7. The second-order valence-electron chi connectivity index (χ2n) is 4.73. The zero-order chi connectivity index (χ0) is 14.1. The molecule has 19 heavy (non-hydrogen) atoms. The standard InChI is InChI=1S/C15H24N2O2/c1-3-6-14(16)9-15(18)17-10-12-7-4-5-8-13(12)11-19-2/h4-5,7-8,14H,3,6,9-11,16H2,1-2H3,(H,17,18). The van der Waals surface area contributed by atoms with Crippen molar-refractivity contribution < 1.29 is 9.53 Å². The summed E-state index contributed by atoms with van der Waals surface area (Å²) in [6.45, 7) is 3.15. The van der Waals surface area contributed by atoms with Gasteiger partial charge in [-0.3, -0.25) is 4.79 Å². The van der Waals surface area contributed by atoms with E-state index >= 15 is 0 Å². The molecule has 0 radical (unpaired) electrons. The van der Waals surface area contributed by atoms with Crippen LogP contribution in [0.4, 0.5) is 0 Å². The first-order valence-corrected chi connectivity index (χ1v) is 6.75. The number of nitrogens with one attached hydrogen (secondary N) is 1. The molecular formula is C15H24N2O2. The molecule has 0 saturated heterocycles. The van der Waals surface area contributed by atoms with Gasteiger partial charge in [0.15, 0.2) is 0 Å². The highest BCUT2D eigenvalue weighted by Gasteiger charge is 2.09. The molecule has 0 bridgehead atoms. The van der Waals surface area contributed by atoms with Crippen LogP contribution in [0.15, 0.2) is 24.3 Å². The smallest absolute Gasteiger partial charge is 0.221 e. The van der Waals surface area contributed by atoms with E-state index in [1.54, 1.807) is 7.11 Å². The summed E-state index contributed by atoms with van der Waals surface area (Å²) in [5, 5.41) is 2.91. The van der Waals surface area contributed by atoms with E-state index in [1.165, 1.54) is 0 Å². The molecule has 1 aromatic carbocycles. The molecule has 0 aliphatic heterocycles. The van der Waals surface area contributed by atoms with Gasteiger partial charge in [-0.1, -0.05) is 37.6 Å². The van der Waals surface area contributed by atoms with Gasteiger partial charge in [-0.2, -0.15) is 0 Å². The number of rotatable bonds is 8. The second-order valence-corrected chi connectivity index (χ2v) is 4.73. The highest BCUT2D eigenvalue weighted by Crippen LogP contribution is 2.09. The first-order chi connectivity index (χ1) is 9.17. The number of hydrogen-bond acceptors (Lipinski definition) is 3. The molecule has 0 heterocycles. The Hall–Kier alpha value is -1.39. The molecule has 0 fully saturated rings. The fourth-order valence-electron chi connectivity index (χ4n) is 2.00. The van der Waals surface area contributed by atoms with Crippen molar-refractivity contribution in [1.82, 2.24) is 5.32 Å². The molecule has 1 amide bonds. The molecule has 4 heteroatoms. The molecule has 4 nitrogen and oxygen atoms in total. The minimum absolute atomic E-state index is 0.00756. The Morgan fingerprint density at radius 1 is 1.37 bits per heavy atom. The predicted octanol–water partition coefficient (Wildman–Crippen LogP) is 1.97. The van der Waals surface area contributed by atoms with Crippen LogP contribution >= 0.6 is 0 Å². The minimum Gasteiger partial charge on any atom is -0.380 e. The zero-order valence-electron chi connectivity index (χ0n) is 11.8. The highest BCUT2D eigenvalue weighted by atomic mass is 16.5. The third-order valence-electron chi connectivity index (χ3n) is 3.00. The lowest BCUT2D eigenvalue weighted by molar-refractivity contribution is -0.121. The number of carbonyl (C=O) groups is 1. The average molecular weight is 264 g/mol. The van der Waals surface area contributed by atoms with E-state index in [9.17, 15) is 4.79 Å². The van der Waals surface area contributed by atoms with Gasteiger partial charge in [-0.25, -0.2) is 0 Å². The first kappa shape index (κ1) is 15.7. The highest BCUT2D eigenvalue weighted by molar-refractivity contribution is 5.76. The largest absolute Gasteiger partial charge is 0.380 e. The lowest BCUT2D eigenvalue weighted by Crippen LogP contribution is -2.31. The summed E-state index contributed by atoms with van der Waals surface area (Å²) in [6.07, 6.45) is 2.28. The fraction of sp³-hybridized carbons (Fsp3) is 0.533. The van der Waals surface area contributed by atoms with Gasteiger partial charge in [0.1, 0.15) is 0 Å². The van der Waals surface area contributed by atoms with Crippen LogP contribution in [-0.2, 0) is 22.7 Å². The molecule has 1 aromatic rings. The van der Waals surface area contributed by atoms with Gasteiger partial charge in [0.25, 0.3) is 0 Å². The van der Waals surface area contributed by atoms with Gasteiger partial charge in [0.05, 0.1) is 6.61 Å². The minimum atomic E-state index is -0.0424. The first-order valence-electron chi connectivity index (χ1n) is 6.75. The Morgan fingerprint density at radius 2 is 2.05 bits per heavy atom. The fourth-order valence-corrected chi connectivity index (χ4v) is 2.00. The maximum absolute atomic E-state index is 11.7. The van der Waals surface area contributed by atoms with E-state index in [1.807, 2.05) is 24.3 Å². The lowest BCUT2D eigenvalue weighted by atomic mass is 10.1. The summed E-state index contributed by atoms with van der Waals surface area (Å²) >= 11 is 0. The van der Waals surface area contributed by atoms with E-state index < -0.39 is 0 Å². The van der Waals surface area contributed by atoms with Crippen molar-refractivity contribution in [2.75, 3.05) is 7.11 Å². The van der Waals surface area contributed by atoms with Crippen LogP contribution in [0.25, 0.3) is 0 Å². The second kappa shape index (κ2) is 8.67. The Labute approximate surface area is 115 Å². The number of benzene rings is 1. The van der Waals surface area contributed by atoms with E-state index in [0.29, 0.717) is 19.6 Å². The monoisotopic (exact) mass is 264 g/mol. The van der Waals surface area contributed by atoms with Crippen LogP contribution in [0.1, 0.15) is 37.3 Å². The summed E-state index contributed by atoms with van der Waals surface area (Å²) in [4.78, 5) is 11.7. The molecule has 1 unspecified atom stereocenters. The Balaban J connectivity index is 2.45. The zero-order valence-corrected chi connectivity index (χ0v) is 11.8. The third kappa shape index (κ3) is 5.85. The Morgan fingerprint density at radius 3 is 2.68 bits per heavy atom. The normalized spacial score (nSPS) is 12.2. The van der Waals surface area contributed by atoms with Crippen molar-refractivity contribution in [3.8, 4) is 0 Å². The van der Waals surface area contributed by atoms with E-state index in [-0.39, 0.29) is 11.9 Å². The van der Waals surface area contributed by atoms with Crippen LogP contribution in [0.3, 0.4) is 0 Å². The quantitative estimate of drug-likeness (QED) is 0.754. The van der Waals surface area contributed by atoms with Gasteiger partial charge >= 0.3 is 0 Å². The molecule has 1 rings (SSSR count). The van der Waals surface area contributed by atoms with E-state index in [4.69, 9.17) is 10.5 Å². The average Bonchev–Trinajstić information content (AvgIpc) is 2.38. The van der Waals surface area contributed by atoms with Gasteiger partial charge in [0, 0.05) is 26.1 Å². The number of ether oxygens (including phenoxy) is 1. The molecule has 106 valence electrons. The molecule has 0 aromatic heterocycles. The SMILES string of the molecule is CCCC(N)CC(=O)NCc1ccccc1COC. The summed E-state index contributed by atoms with van der Waals surface area (Å²) in [5.74, 6) is 0.00756. The van der Waals surface area contributed by atoms with Crippen LogP contribution in [0, 0.1) is 0 Å². The van der Waals surface area contributed by atoms with Crippen molar-refractivity contribution in [1.29, 1.82) is 0 Å². The van der Waals surface area contributed by atoms with Crippen molar-refractivity contribution in [2.45, 2.75) is 45.4 Å². The van der Waals surface area contributed by atoms with Gasteiger partial charge in [0.2, 0.25) is 5.91 Å². The third-order valence-corrected chi connectivity index (χ3v) is 3.00. The van der Waals surface area contributed by atoms with Gasteiger partial charge < -0.3 is 15.8 Å². The molecule has 0 spiro atoms. The summed E-state index contributed by atoms with van der Waals surface area (Å²) in [6, 6.07) is 7.90. The van der Waals surface area contributed by atoms with Crippen LogP contribution in [0.5, 0.6) is 0 Å². The van der Waals surface area contributed by atoms with E-state index in [2.05, 4.69) is 12.2 Å². The molecule has 1 atom stereocenters. The molecular weight excluding hydrogens is 240 g/mol. The van der Waals surface area contributed by atoms with Crippen molar-refractivity contribution in [3.05, 3.63) is 35.4 Å². The Bertz CT molecular complexity index is 393. The van der Waals surface area contributed by atoms with Crippen LogP contribution in [0.2, 0.25) is 0 Å². The molecule has 0 saturated carbocycles. The molecule has 0 aliphatic carbocycles. The lowest BCUT2D eigenvalue weighted by Gasteiger charge is -2.12. The van der Waals surface area contributed by atoms with Gasteiger partial charge in [-0.15, -0.1) is 0 Å². The van der Waals surface area contributed by atoms with Crippen molar-refractivity contribution in [2.24, 2.45) is 5.73 Å². The Kier molecular flexibility index (Phi) is 7.15. The number of amides is 1. The summed E-state index contributed by atoms with van der Waals surface area (Å²) in [5.41, 5.74) is 8.04. The van der Waals surface area contributed by atoms with Gasteiger partial charge in [-0.05, 0) is 17.5 Å². The summed E-state index contributed by atoms with van der Waals surface area (Å²) < 4.78 is 5.14. The number of nitrogens with two attached hydrogens (primary N) is 1.